The molecular weight excluding hydrogens is 435 g/mol. The number of ether oxygens (including phenoxy) is 1. The summed E-state index contributed by atoms with van der Waals surface area (Å²) in [6.07, 6.45) is 3.13. The number of halogens is 1. The van der Waals surface area contributed by atoms with Gasteiger partial charge in [-0.2, -0.15) is 10.1 Å². The zero-order chi connectivity index (χ0) is 22.5. The Hall–Kier alpha value is -3.58. The number of benzene rings is 3. The first-order chi connectivity index (χ1) is 16.1. The van der Waals surface area contributed by atoms with Gasteiger partial charge in [-0.05, 0) is 49.1 Å². The van der Waals surface area contributed by atoms with Crippen molar-refractivity contribution in [2.45, 2.75) is 24.0 Å². The summed E-state index contributed by atoms with van der Waals surface area (Å²) in [5.74, 6) is 1.07. The normalized spacial score (nSPS) is 18.6. The highest BCUT2D eigenvalue weighted by atomic mass is 32.2. The Kier molecular flexibility index (Phi) is 4.73. The molecular formula is C26H21FN4OS. The average Bonchev–Trinajstić information content (AvgIpc) is 3.31. The van der Waals surface area contributed by atoms with E-state index in [0.29, 0.717) is 11.5 Å². The average molecular weight is 457 g/mol. The summed E-state index contributed by atoms with van der Waals surface area (Å²) in [4.78, 5) is 5.58. The molecule has 0 saturated heterocycles. The summed E-state index contributed by atoms with van der Waals surface area (Å²) in [7, 11) is 0. The molecule has 33 heavy (non-hydrogen) atoms. The van der Waals surface area contributed by atoms with Crippen molar-refractivity contribution in [3.63, 3.8) is 0 Å². The summed E-state index contributed by atoms with van der Waals surface area (Å²) in [6.45, 7) is 2.05. The molecule has 0 unspecified atom stereocenters. The third kappa shape index (κ3) is 3.23. The minimum absolute atomic E-state index is 0.288. The Morgan fingerprint density at radius 1 is 1.06 bits per heavy atom. The van der Waals surface area contributed by atoms with Gasteiger partial charge in [0.1, 0.15) is 30.0 Å². The quantitative estimate of drug-likeness (QED) is 0.383. The van der Waals surface area contributed by atoms with Crippen LogP contribution < -0.4 is 10.1 Å². The van der Waals surface area contributed by atoms with E-state index in [4.69, 9.17) is 4.74 Å². The maximum absolute atomic E-state index is 15.2. The molecule has 0 radical (unpaired) electrons. The fourth-order valence-corrected chi connectivity index (χ4v) is 5.04. The molecule has 2 aliphatic heterocycles. The molecule has 0 spiro atoms. The Morgan fingerprint density at radius 2 is 1.88 bits per heavy atom. The van der Waals surface area contributed by atoms with Crippen molar-refractivity contribution in [2.24, 2.45) is 0 Å². The Morgan fingerprint density at radius 3 is 2.67 bits per heavy atom. The summed E-state index contributed by atoms with van der Waals surface area (Å²) in [5.41, 5.74) is 5.39. The van der Waals surface area contributed by atoms with Crippen LogP contribution in [0, 0.1) is 12.7 Å². The number of aromatic nitrogens is 3. The van der Waals surface area contributed by atoms with E-state index in [1.165, 1.54) is 17.3 Å². The summed E-state index contributed by atoms with van der Waals surface area (Å²) >= 11 is 1.69. The zero-order valence-electron chi connectivity index (χ0n) is 18.1. The second kappa shape index (κ2) is 7.78. The Bertz CT molecular complexity index is 1400. The van der Waals surface area contributed by atoms with Gasteiger partial charge in [0.05, 0.1) is 5.70 Å². The van der Waals surface area contributed by atoms with E-state index in [2.05, 4.69) is 52.0 Å². The van der Waals surface area contributed by atoms with E-state index in [1.807, 2.05) is 25.1 Å². The number of hydrogen-bond acceptors (Lipinski definition) is 5. The molecule has 3 heterocycles. The van der Waals surface area contributed by atoms with Crippen molar-refractivity contribution in [3.8, 4) is 5.75 Å². The lowest BCUT2D eigenvalue weighted by Crippen LogP contribution is -2.32. The number of nitrogens with one attached hydrogen (secondary N) is 1. The van der Waals surface area contributed by atoms with Gasteiger partial charge in [-0.15, -0.1) is 11.8 Å². The van der Waals surface area contributed by atoms with E-state index in [-0.39, 0.29) is 5.82 Å². The highest BCUT2D eigenvalue weighted by molar-refractivity contribution is 7.98. The number of rotatable bonds is 3. The first kappa shape index (κ1) is 20.1. The predicted molar refractivity (Wildman–Crippen MR) is 128 cm³/mol. The molecule has 164 valence electrons. The van der Waals surface area contributed by atoms with Crippen molar-refractivity contribution in [1.82, 2.24) is 14.8 Å². The number of fused-ring (bicyclic) bond motifs is 3. The molecule has 1 N–H and O–H groups in total. The Balaban J connectivity index is 1.63. The lowest BCUT2D eigenvalue weighted by molar-refractivity contribution is 0.222. The molecule has 0 amide bonds. The molecule has 2 aliphatic rings. The molecule has 0 saturated carbocycles. The first-order valence-corrected chi connectivity index (χ1v) is 11.9. The fraction of sp³-hybridized carbons (Fsp3) is 0.154. The lowest BCUT2D eigenvalue weighted by Gasteiger charge is -2.39. The minimum atomic E-state index is -0.501. The van der Waals surface area contributed by atoms with Crippen molar-refractivity contribution in [1.29, 1.82) is 0 Å². The largest absolute Gasteiger partial charge is 0.480 e. The highest BCUT2D eigenvalue weighted by Gasteiger charge is 2.41. The number of nitrogens with zero attached hydrogens (tertiary/aromatic N) is 3. The molecule has 4 aromatic rings. The van der Waals surface area contributed by atoms with Gasteiger partial charge in [-0.3, -0.25) is 0 Å². The molecule has 3 aromatic carbocycles. The van der Waals surface area contributed by atoms with Crippen LogP contribution >= 0.6 is 11.8 Å². The van der Waals surface area contributed by atoms with E-state index >= 15 is 4.39 Å². The maximum Gasteiger partial charge on any atom is 0.226 e. The number of hydrogen-bond donors (Lipinski definition) is 1. The molecule has 1 aromatic heterocycles. The third-order valence-electron chi connectivity index (χ3n) is 6.19. The van der Waals surface area contributed by atoms with E-state index in [9.17, 15) is 0 Å². The van der Waals surface area contributed by atoms with Gasteiger partial charge in [-0.1, -0.05) is 42.0 Å². The van der Waals surface area contributed by atoms with Crippen LogP contribution in [0.4, 0.5) is 10.3 Å². The second-order valence-electron chi connectivity index (χ2n) is 8.18. The van der Waals surface area contributed by atoms with E-state index in [1.54, 1.807) is 28.6 Å². The van der Waals surface area contributed by atoms with Gasteiger partial charge in [0, 0.05) is 21.6 Å². The summed E-state index contributed by atoms with van der Waals surface area (Å²) < 4.78 is 23.5. The third-order valence-corrected chi connectivity index (χ3v) is 6.93. The smallest absolute Gasteiger partial charge is 0.226 e. The van der Waals surface area contributed by atoms with Crippen LogP contribution in [0.2, 0.25) is 0 Å². The molecule has 2 atom stereocenters. The van der Waals surface area contributed by atoms with Crippen LogP contribution in [0.25, 0.3) is 5.70 Å². The van der Waals surface area contributed by atoms with Gasteiger partial charge < -0.3 is 10.1 Å². The van der Waals surface area contributed by atoms with Gasteiger partial charge in [-0.25, -0.2) is 9.07 Å². The van der Waals surface area contributed by atoms with Gasteiger partial charge >= 0.3 is 0 Å². The monoisotopic (exact) mass is 456 g/mol. The van der Waals surface area contributed by atoms with Gasteiger partial charge in [0.15, 0.2) is 0 Å². The van der Waals surface area contributed by atoms with Crippen LogP contribution in [0.15, 0.2) is 83.5 Å². The van der Waals surface area contributed by atoms with Crippen LogP contribution in [0.3, 0.4) is 0 Å². The van der Waals surface area contributed by atoms with Crippen molar-refractivity contribution >= 4 is 23.4 Å². The molecule has 6 rings (SSSR count). The first-order valence-electron chi connectivity index (χ1n) is 10.7. The SMILES string of the molecule is CSc1ccc([C@H]2Oc3ccc(C)cc3C3=C2[C@@H](c2ccccc2F)n2ncnc2N3)cc1. The van der Waals surface area contributed by atoms with Crippen LogP contribution in [0.1, 0.15) is 34.4 Å². The van der Waals surface area contributed by atoms with Crippen molar-refractivity contribution < 1.29 is 9.13 Å². The topological polar surface area (TPSA) is 52.0 Å². The van der Waals surface area contributed by atoms with Gasteiger partial charge in [0.2, 0.25) is 5.95 Å². The maximum atomic E-state index is 15.2. The van der Waals surface area contributed by atoms with E-state index < -0.39 is 12.1 Å². The zero-order valence-corrected chi connectivity index (χ0v) is 18.9. The molecule has 5 nitrogen and oxygen atoms in total. The summed E-state index contributed by atoms with van der Waals surface area (Å²) in [5, 5.41) is 7.93. The number of anilines is 1. The standard InChI is InChI=1S/C26H21FN4OS/c1-15-7-12-21-19(13-15)23-22(25(32-21)16-8-10-17(33-2)11-9-16)24(18-5-3-4-6-20(18)27)31-26(30-23)28-14-29-31/h3-14,24-25H,1-2H3,(H,28,29,30)/t24-,25-/m1/s1. The molecule has 0 bridgehead atoms. The van der Waals surface area contributed by atoms with Crippen LogP contribution in [-0.4, -0.2) is 21.0 Å². The number of aryl methyl sites for hydroxylation is 1. The lowest BCUT2D eigenvalue weighted by atomic mass is 9.84. The fourth-order valence-electron chi connectivity index (χ4n) is 4.63. The minimum Gasteiger partial charge on any atom is -0.480 e. The van der Waals surface area contributed by atoms with E-state index in [0.717, 1.165) is 33.7 Å². The summed E-state index contributed by atoms with van der Waals surface area (Å²) in [6, 6.07) is 20.8. The van der Waals surface area contributed by atoms with Gasteiger partial charge in [0.25, 0.3) is 0 Å². The number of thioether (sulfide) groups is 1. The molecule has 0 aliphatic carbocycles. The highest BCUT2D eigenvalue weighted by Crippen LogP contribution is 2.51. The molecule has 0 fully saturated rings. The van der Waals surface area contributed by atoms with Crippen LogP contribution in [-0.2, 0) is 0 Å². The molecule has 7 heteroatoms. The second-order valence-corrected chi connectivity index (χ2v) is 9.06. The van der Waals surface area contributed by atoms with Crippen molar-refractivity contribution in [2.75, 3.05) is 11.6 Å². The van der Waals surface area contributed by atoms with Crippen molar-refractivity contribution in [3.05, 3.63) is 107 Å². The Labute approximate surface area is 195 Å². The predicted octanol–water partition coefficient (Wildman–Crippen LogP) is 6.01. The van der Waals surface area contributed by atoms with Crippen LogP contribution in [0.5, 0.6) is 5.75 Å².